The summed E-state index contributed by atoms with van der Waals surface area (Å²) in [5, 5.41) is 4.84. The van der Waals surface area contributed by atoms with Gasteiger partial charge >= 0.3 is 0 Å². The normalized spacial score (nSPS) is 37.1. The van der Waals surface area contributed by atoms with Gasteiger partial charge in [-0.15, -0.1) is 0 Å². The number of hydrogen-bond donors (Lipinski definition) is 1. The number of hydrogen-bond acceptors (Lipinski definition) is 4. The summed E-state index contributed by atoms with van der Waals surface area (Å²) < 4.78 is 36.0. The van der Waals surface area contributed by atoms with Gasteiger partial charge in [0.2, 0.25) is 10.0 Å². The van der Waals surface area contributed by atoms with Crippen LogP contribution in [0.2, 0.25) is 0 Å². The highest BCUT2D eigenvalue weighted by atomic mass is 32.2. The van der Waals surface area contributed by atoms with Crippen molar-refractivity contribution in [3.63, 3.8) is 0 Å². The maximum absolute atomic E-state index is 11.6. The SMILES string of the molecule is CC(C)(C)C1CC(C(C)(C)C)OC2(CCC(S(N)(=O)=O)CC2)O1. The first-order valence-electron chi connectivity index (χ1n) is 8.60. The minimum atomic E-state index is -3.48. The molecular weight excluding hydrogens is 314 g/mol. The lowest BCUT2D eigenvalue weighted by atomic mass is 9.77. The molecule has 0 amide bonds. The van der Waals surface area contributed by atoms with Gasteiger partial charge in [-0.3, -0.25) is 0 Å². The summed E-state index contributed by atoms with van der Waals surface area (Å²) in [6, 6.07) is 0. The summed E-state index contributed by atoms with van der Waals surface area (Å²) in [7, 11) is -3.48. The van der Waals surface area contributed by atoms with Crippen LogP contribution in [0, 0.1) is 10.8 Å². The summed E-state index contributed by atoms with van der Waals surface area (Å²) in [6.07, 6.45) is 3.27. The fourth-order valence-corrected chi connectivity index (χ4v) is 4.39. The molecule has 2 aliphatic rings. The lowest BCUT2D eigenvalue weighted by Crippen LogP contribution is -2.57. The van der Waals surface area contributed by atoms with Gasteiger partial charge in [-0.2, -0.15) is 0 Å². The third-order valence-electron chi connectivity index (χ3n) is 5.23. The van der Waals surface area contributed by atoms with Crippen molar-refractivity contribution in [3.05, 3.63) is 0 Å². The van der Waals surface area contributed by atoms with E-state index in [0.29, 0.717) is 25.7 Å². The second-order valence-corrected chi connectivity index (χ2v) is 11.2. The molecule has 1 spiro atoms. The van der Waals surface area contributed by atoms with Gasteiger partial charge in [0.05, 0.1) is 17.5 Å². The first-order valence-corrected chi connectivity index (χ1v) is 10.2. The average molecular weight is 348 g/mol. The van der Waals surface area contributed by atoms with Crippen molar-refractivity contribution in [1.29, 1.82) is 0 Å². The van der Waals surface area contributed by atoms with Gasteiger partial charge in [-0.25, -0.2) is 13.6 Å². The van der Waals surface area contributed by atoms with E-state index in [-0.39, 0.29) is 23.0 Å². The third-order valence-corrected chi connectivity index (χ3v) is 6.63. The highest BCUT2D eigenvalue weighted by Gasteiger charge is 2.50. The summed E-state index contributed by atoms with van der Waals surface area (Å²) >= 11 is 0. The Morgan fingerprint density at radius 1 is 0.913 bits per heavy atom. The van der Waals surface area contributed by atoms with Crippen LogP contribution >= 0.6 is 0 Å². The van der Waals surface area contributed by atoms with Gasteiger partial charge in [-0.05, 0) is 23.7 Å². The predicted octanol–water partition coefficient (Wildman–Crippen LogP) is 3.18. The molecule has 1 saturated heterocycles. The number of rotatable bonds is 1. The highest BCUT2D eigenvalue weighted by Crippen LogP contribution is 2.47. The van der Waals surface area contributed by atoms with Gasteiger partial charge in [0.1, 0.15) is 0 Å². The van der Waals surface area contributed by atoms with Crippen LogP contribution in [0.25, 0.3) is 0 Å². The number of ether oxygens (including phenoxy) is 2. The molecule has 1 aliphatic carbocycles. The molecule has 2 N–H and O–H groups in total. The zero-order valence-electron chi connectivity index (χ0n) is 15.4. The lowest BCUT2D eigenvalue weighted by molar-refractivity contribution is -0.354. The minimum Gasteiger partial charge on any atom is -0.346 e. The Morgan fingerprint density at radius 3 is 1.61 bits per heavy atom. The van der Waals surface area contributed by atoms with Crippen LogP contribution in [0.5, 0.6) is 0 Å². The Bertz CT molecular complexity index is 498. The van der Waals surface area contributed by atoms with E-state index in [2.05, 4.69) is 41.5 Å². The first kappa shape index (κ1) is 19.2. The van der Waals surface area contributed by atoms with Crippen molar-refractivity contribution in [2.75, 3.05) is 0 Å². The van der Waals surface area contributed by atoms with Crippen LogP contribution in [-0.2, 0) is 19.5 Å². The summed E-state index contributed by atoms with van der Waals surface area (Å²) in [5.74, 6) is -0.657. The topological polar surface area (TPSA) is 78.6 Å². The van der Waals surface area contributed by atoms with Crippen molar-refractivity contribution in [2.24, 2.45) is 16.0 Å². The van der Waals surface area contributed by atoms with Crippen molar-refractivity contribution in [3.8, 4) is 0 Å². The fraction of sp³-hybridized carbons (Fsp3) is 1.00. The van der Waals surface area contributed by atoms with Crippen LogP contribution < -0.4 is 5.14 Å². The minimum absolute atomic E-state index is 0.0249. The van der Waals surface area contributed by atoms with Crippen LogP contribution in [0.1, 0.15) is 73.6 Å². The molecule has 2 atom stereocenters. The molecule has 0 radical (unpaired) electrons. The van der Waals surface area contributed by atoms with E-state index in [0.717, 1.165) is 6.42 Å². The molecule has 0 bridgehead atoms. The predicted molar refractivity (Wildman–Crippen MR) is 91.4 cm³/mol. The van der Waals surface area contributed by atoms with Crippen LogP contribution in [-0.4, -0.2) is 31.7 Å². The zero-order valence-corrected chi connectivity index (χ0v) is 16.2. The van der Waals surface area contributed by atoms with Crippen LogP contribution in [0.15, 0.2) is 0 Å². The van der Waals surface area contributed by atoms with Crippen molar-refractivity contribution >= 4 is 10.0 Å². The molecule has 2 rings (SSSR count). The third kappa shape index (κ3) is 4.47. The summed E-state index contributed by atoms with van der Waals surface area (Å²) in [5.41, 5.74) is 0.0497. The van der Waals surface area contributed by atoms with Gasteiger partial charge in [-0.1, -0.05) is 41.5 Å². The molecule has 2 fully saturated rings. The number of sulfonamides is 1. The molecule has 2 unspecified atom stereocenters. The summed E-state index contributed by atoms with van der Waals surface area (Å²) in [6.45, 7) is 13.1. The fourth-order valence-electron chi connectivity index (χ4n) is 3.49. The average Bonchev–Trinajstić information content (AvgIpc) is 2.35. The van der Waals surface area contributed by atoms with E-state index < -0.39 is 21.1 Å². The second-order valence-electron chi connectivity index (χ2n) is 9.38. The Kier molecular flexibility index (Phi) is 4.97. The zero-order chi connectivity index (χ0) is 17.7. The Balaban J connectivity index is 2.21. The molecular formula is C17H33NO4S. The van der Waals surface area contributed by atoms with Crippen LogP contribution in [0.3, 0.4) is 0 Å². The number of primary sulfonamides is 1. The quantitative estimate of drug-likeness (QED) is 0.790. The van der Waals surface area contributed by atoms with Crippen LogP contribution in [0.4, 0.5) is 0 Å². The maximum Gasteiger partial charge on any atom is 0.211 e. The molecule has 1 heterocycles. The molecule has 0 aromatic carbocycles. The van der Waals surface area contributed by atoms with Gasteiger partial charge in [0, 0.05) is 19.3 Å². The monoisotopic (exact) mass is 347 g/mol. The highest BCUT2D eigenvalue weighted by molar-refractivity contribution is 7.89. The van der Waals surface area contributed by atoms with E-state index in [9.17, 15) is 8.42 Å². The Labute approximate surface area is 141 Å². The van der Waals surface area contributed by atoms with Gasteiger partial charge in [0.25, 0.3) is 0 Å². The molecule has 136 valence electrons. The van der Waals surface area contributed by atoms with Crippen molar-refractivity contribution < 1.29 is 17.9 Å². The molecule has 23 heavy (non-hydrogen) atoms. The second kappa shape index (κ2) is 5.97. The van der Waals surface area contributed by atoms with E-state index in [1.807, 2.05) is 0 Å². The maximum atomic E-state index is 11.6. The van der Waals surface area contributed by atoms with Gasteiger partial charge < -0.3 is 9.47 Å². The molecule has 1 saturated carbocycles. The van der Waals surface area contributed by atoms with Crippen molar-refractivity contribution in [2.45, 2.75) is 96.9 Å². The van der Waals surface area contributed by atoms with E-state index in [4.69, 9.17) is 14.6 Å². The summed E-state index contributed by atoms with van der Waals surface area (Å²) in [4.78, 5) is 0. The Morgan fingerprint density at radius 2 is 1.30 bits per heavy atom. The molecule has 6 heteroatoms. The molecule has 0 aromatic rings. The van der Waals surface area contributed by atoms with E-state index in [1.165, 1.54) is 0 Å². The Hall–Kier alpha value is -0.170. The standard InChI is InChI=1S/C17H33NO4S/c1-15(2,3)13-11-14(16(4,5)6)22-17(21-13)9-7-12(8-10-17)23(18,19)20/h12-14H,7-11H2,1-6H3,(H2,18,19,20). The van der Waals surface area contributed by atoms with Gasteiger partial charge in [0.15, 0.2) is 5.79 Å². The van der Waals surface area contributed by atoms with Crippen molar-refractivity contribution in [1.82, 2.24) is 0 Å². The lowest BCUT2D eigenvalue weighted by Gasteiger charge is -2.53. The smallest absolute Gasteiger partial charge is 0.211 e. The molecule has 5 nitrogen and oxygen atoms in total. The van der Waals surface area contributed by atoms with E-state index in [1.54, 1.807) is 0 Å². The van der Waals surface area contributed by atoms with E-state index >= 15 is 0 Å². The number of nitrogens with two attached hydrogens (primary N) is 1. The molecule has 1 aliphatic heterocycles. The molecule has 0 aromatic heterocycles. The first-order chi connectivity index (χ1) is 10.2. The largest absolute Gasteiger partial charge is 0.346 e.